The summed E-state index contributed by atoms with van der Waals surface area (Å²) in [7, 11) is 0. The first-order valence-electron chi connectivity index (χ1n) is 5.32. The number of unbranched alkanes of at least 4 members (excludes halogenated alkanes) is 1. The zero-order valence-corrected chi connectivity index (χ0v) is 9.80. The predicted octanol–water partition coefficient (Wildman–Crippen LogP) is 3.88. The molecule has 0 aliphatic carbocycles. The molecular formula is C13H16ClN. The Labute approximate surface area is 96.7 Å². The van der Waals surface area contributed by atoms with Crippen molar-refractivity contribution in [1.29, 1.82) is 5.26 Å². The number of nitriles is 1. The number of alkyl halides is 1. The van der Waals surface area contributed by atoms with Crippen molar-refractivity contribution >= 4 is 11.6 Å². The molecule has 1 nitrogen and oxygen atoms in total. The van der Waals surface area contributed by atoms with Crippen molar-refractivity contribution in [3.8, 4) is 6.07 Å². The summed E-state index contributed by atoms with van der Waals surface area (Å²) in [5.74, 6) is 0.369. The third-order valence-electron chi connectivity index (χ3n) is 2.73. The first-order chi connectivity index (χ1) is 7.29. The Morgan fingerprint density at radius 1 is 1.33 bits per heavy atom. The van der Waals surface area contributed by atoms with Crippen molar-refractivity contribution in [2.45, 2.75) is 31.6 Å². The summed E-state index contributed by atoms with van der Waals surface area (Å²) in [5.41, 5.74) is 0.537. The molecule has 0 heterocycles. The lowest BCUT2D eigenvalue weighted by Gasteiger charge is -2.24. The van der Waals surface area contributed by atoms with Gasteiger partial charge in [-0.3, -0.25) is 0 Å². The van der Waals surface area contributed by atoms with Gasteiger partial charge in [-0.15, -0.1) is 11.6 Å². The maximum Gasteiger partial charge on any atom is 0.0957 e. The smallest absolute Gasteiger partial charge is 0.0957 e. The van der Waals surface area contributed by atoms with Crippen LogP contribution in [0.15, 0.2) is 30.3 Å². The van der Waals surface area contributed by atoms with Gasteiger partial charge >= 0.3 is 0 Å². The molecule has 0 spiro atoms. The number of hydrogen-bond acceptors (Lipinski definition) is 1. The molecule has 1 aromatic carbocycles. The molecule has 0 amide bonds. The van der Waals surface area contributed by atoms with Crippen LogP contribution in [0.2, 0.25) is 0 Å². The van der Waals surface area contributed by atoms with Crippen LogP contribution < -0.4 is 0 Å². The fraction of sp³-hybridized carbons (Fsp3) is 0.462. The topological polar surface area (TPSA) is 23.8 Å². The summed E-state index contributed by atoms with van der Waals surface area (Å²) in [4.78, 5) is 0. The van der Waals surface area contributed by atoms with Crippen molar-refractivity contribution in [1.82, 2.24) is 0 Å². The molecule has 1 unspecified atom stereocenters. The average Bonchev–Trinajstić information content (AvgIpc) is 2.33. The molecule has 1 aromatic rings. The van der Waals surface area contributed by atoms with Crippen LogP contribution >= 0.6 is 11.6 Å². The van der Waals surface area contributed by atoms with Gasteiger partial charge in [0.15, 0.2) is 0 Å². The van der Waals surface area contributed by atoms with Crippen LogP contribution in [0.4, 0.5) is 0 Å². The Morgan fingerprint density at radius 2 is 2.00 bits per heavy atom. The third kappa shape index (κ3) is 2.73. The molecule has 0 saturated heterocycles. The molecular weight excluding hydrogens is 206 g/mol. The van der Waals surface area contributed by atoms with E-state index in [0.29, 0.717) is 5.88 Å². The van der Waals surface area contributed by atoms with Crippen LogP contribution in [0.25, 0.3) is 0 Å². The molecule has 0 fully saturated rings. The summed E-state index contributed by atoms with van der Waals surface area (Å²) < 4.78 is 0. The Bertz CT molecular complexity index is 328. The Hall–Kier alpha value is -1.00. The first-order valence-corrected chi connectivity index (χ1v) is 5.85. The van der Waals surface area contributed by atoms with E-state index in [1.54, 1.807) is 0 Å². The lowest BCUT2D eigenvalue weighted by Crippen LogP contribution is -2.26. The minimum absolute atomic E-state index is 0.369. The number of hydrogen-bond donors (Lipinski definition) is 0. The molecule has 2 heteroatoms. The second-order valence-electron chi connectivity index (χ2n) is 3.80. The lowest BCUT2D eigenvalue weighted by molar-refractivity contribution is 0.527. The van der Waals surface area contributed by atoms with Crippen molar-refractivity contribution in [2.24, 2.45) is 0 Å². The van der Waals surface area contributed by atoms with E-state index in [4.69, 9.17) is 11.6 Å². The fourth-order valence-corrected chi connectivity index (χ4v) is 2.02. The van der Waals surface area contributed by atoms with Crippen LogP contribution in [0.3, 0.4) is 0 Å². The summed E-state index contributed by atoms with van der Waals surface area (Å²) in [5, 5.41) is 9.32. The minimum Gasteiger partial charge on any atom is -0.197 e. The van der Waals surface area contributed by atoms with E-state index in [0.717, 1.165) is 24.8 Å². The molecule has 0 bridgehead atoms. The molecule has 0 aliphatic rings. The molecule has 0 N–H and O–H groups in total. The summed E-state index contributed by atoms with van der Waals surface area (Å²) in [6, 6.07) is 12.2. The standard InChI is InChI=1S/C13H16ClN/c1-2-3-9-13(10-14,11-15)12-7-5-4-6-8-12/h4-8H,2-3,9-10H2,1H3. The highest BCUT2D eigenvalue weighted by molar-refractivity contribution is 6.19. The number of nitrogens with zero attached hydrogens (tertiary/aromatic N) is 1. The molecule has 80 valence electrons. The quantitative estimate of drug-likeness (QED) is 0.693. The van der Waals surface area contributed by atoms with Gasteiger partial charge in [0.1, 0.15) is 0 Å². The summed E-state index contributed by atoms with van der Waals surface area (Å²) >= 11 is 5.97. The summed E-state index contributed by atoms with van der Waals surface area (Å²) in [6.45, 7) is 2.13. The third-order valence-corrected chi connectivity index (χ3v) is 3.18. The molecule has 1 atom stereocenters. The first kappa shape index (κ1) is 12.1. The Balaban J connectivity index is 2.96. The van der Waals surface area contributed by atoms with Gasteiger partial charge in [0.25, 0.3) is 0 Å². The zero-order chi connectivity index (χ0) is 11.1. The second-order valence-corrected chi connectivity index (χ2v) is 4.06. The lowest BCUT2D eigenvalue weighted by atomic mass is 9.79. The van der Waals surface area contributed by atoms with Gasteiger partial charge < -0.3 is 0 Å². The number of rotatable bonds is 5. The van der Waals surface area contributed by atoms with Crippen LogP contribution in [-0.2, 0) is 5.41 Å². The maximum atomic E-state index is 9.32. The van der Waals surface area contributed by atoms with Crippen molar-refractivity contribution in [2.75, 3.05) is 5.88 Å². The van der Waals surface area contributed by atoms with Gasteiger partial charge in [-0.05, 0) is 12.0 Å². The Morgan fingerprint density at radius 3 is 2.47 bits per heavy atom. The van der Waals surface area contributed by atoms with Gasteiger partial charge in [-0.2, -0.15) is 5.26 Å². The molecule has 15 heavy (non-hydrogen) atoms. The summed E-state index contributed by atoms with van der Waals surface area (Å²) in [6.07, 6.45) is 2.97. The van der Waals surface area contributed by atoms with Crippen molar-refractivity contribution in [3.63, 3.8) is 0 Å². The second kappa shape index (κ2) is 5.78. The number of halogens is 1. The monoisotopic (exact) mass is 221 g/mol. The van der Waals surface area contributed by atoms with E-state index in [1.165, 1.54) is 0 Å². The number of benzene rings is 1. The molecule has 0 radical (unpaired) electrons. The Kier molecular flexibility index (Phi) is 4.65. The SMILES string of the molecule is CCCCC(C#N)(CCl)c1ccccc1. The molecule has 0 saturated carbocycles. The average molecular weight is 222 g/mol. The largest absolute Gasteiger partial charge is 0.197 e. The van der Waals surface area contributed by atoms with Gasteiger partial charge in [0.05, 0.1) is 11.5 Å². The van der Waals surface area contributed by atoms with Gasteiger partial charge in [-0.25, -0.2) is 0 Å². The highest BCUT2D eigenvalue weighted by Gasteiger charge is 2.30. The molecule has 0 aromatic heterocycles. The van der Waals surface area contributed by atoms with Crippen LogP contribution in [0.5, 0.6) is 0 Å². The van der Waals surface area contributed by atoms with E-state index >= 15 is 0 Å². The highest BCUT2D eigenvalue weighted by Crippen LogP contribution is 2.30. The van der Waals surface area contributed by atoms with Gasteiger partial charge in [-0.1, -0.05) is 50.1 Å². The fourth-order valence-electron chi connectivity index (χ4n) is 1.67. The minimum atomic E-state index is -0.501. The van der Waals surface area contributed by atoms with E-state index in [2.05, 4.69) is 13.0 Å². The zero-order valence-electron chi connectivity index (χ0n) is 9.04. The van der Waals surface area contributed by atoms with Gasteiger partial charge in [0, 0.05) is 5.88 Å². The van der Waals surface area contributed by atoms with Crippen LogP contribution in [0, 0.1) is 11.3 Å². The van der Waals surface area contributed by atoms with E-state index in [-0.39, 0.29) is 0 Å². The highest BCUT2D eigenvalue weighted by atomic mass is 35.5. The predicted molar refractivity (Wildman–Crippen MR) is 64.0 cm³/mol. The van der Waals surface area contributed by atoms with Crippen molar-refractivity contribution in [3.05, 3.63) is 35.9 Å². The normalized spacial score (nSPS) is 14.2. The van der Waals surface area contributed by atoms with Crippen molar-refractivity contribution < 1.29 is 0 Å². The van der Waals surface area contributed by atoms with Gasteiger partial charge in [0.2, 0.25) is 0 Å². The molecule has 1 rings (SSSR count). The maximum absolute atomic E-state index is 9.32. The van der Waals surface area contributed by atoms with E-state index in [1.807, 2.05) is 30.3 Å². The van der Waals surface area contributed by atoms with Crippen LogP contribution in [0.1, 0.15) is 31.7 Å². The van der Waals surface area contributed by atoms with E-state index < -0.39 is 5.41 Å². The van der Waals surface area contributed by atoms with E-state index in [9.17, 15) is 5.26 Å². The molecule has 0 aliphatic heterocycles. The van der Waals surface area contributed by atoms with Crippen LogP contribution in [-0.4, -0.2) is 5.88 Å².